The molecule has 1 N–H and O–H groups in total. The van der Waals surface area contributed by atoms with Gasteiger partial charge < -0.3 is 4.74 Å². The average molecular weight is 373 g/mol. The molecule has 0 radical (unpaired) electrons. The molecule has 0 aromatic heterocycles. The van der Waals surface area contributed by atoms with E-state index in [2.05, 4.69) is 9.62 Å². The zero-order valence-electron chi connectivity index (χ0n) is 13.9. The lowest BCUT2D eigenvalue weighted by atomic mass is 10.1. The first-order chi connectivity index (χ1) is 11.5. The van der Waals surface area contributed by atoms with Crippen molar-refractivity contribution < 1.29 is 13.2 Å². The first-order valence-electron chi connectivity index (χ1n) is 8.58. The van der Waals surface area contributed by atoms with Gasteiger partial charge in [-0.1, -0.05) is 37.1 Å². The standard InChI is InChI=1S/C17H25ClN2O3S/c1-2-3-8-24(21,22)19-15-9-16-12-23-17(11-20(16)10-15)13-4-6-14(18)7-5-13/h4-7,15-17,19H,2-3,8-12H2,1H3/t15-,16+,17-/m1/s1. The quantitative estimate of drug-likeness (QED) is 0.833. The molecule has 1 aromatic rings. The molecular formula is C17H25ClN2O3S. The second-order valence-corrected chi connectivity index (χ2v) is 9.01. The van der Waals surface area contributed by atoms with Gasteiger partial charge in [0, 0.05) is 30.2 Å². The number of nitrogens with one attached hydrogen (secondary N) is 1. The molecule has 24 heavy (non-hydrogen) atoms. The summed E-state index contributed by atoms with van der Waals surface area (Å²) in [6.45, 7) is 4.18. The van der Waals surface area contributed by atoms with Crippen LogP contribution in [0.5, 0.6) is 0 Å². The summed E-state index contributed by atoms with van der Waals surface area (Å²) in [5.41, 5.74) is 1.12. The van der Waals surface area contributed by atoms with E-state index in [-0.39, 0.29) is 17.9 Å². The lowest BCUT2D eigenvalue weighted by molar-refractivity contribution is -0.0502. The van der Waals surface area contributed by atoms with Crippen molar-refractivity contribution in [2.45, 2.75) is 44.4 Å². The van der Waals surface area contributed by atoms with Crippen LogP contribution in [-0.2, 0) is 14.8 Å². The molecule has 5 nitrogen and oxygen atoms in total. The summed E-state index contributed by atoms with van der Waals surface area (Å²) < 4.78 is 33.1. The van der Waals surface area contributed by atoms with Gasteiger partial charge in [-0.25, -0.2) is 13.1 Å². The summed E-state index contributed by atoms with van der Waals surface area (Å²) >= 11 is 5.94. The minimum atomic E-state index is -3.17. The number of rotatable bonds is 6. The van der Waals surface area contributed by atoms with Gasteiger partial charge in [-0.05, 0) is 30.5 Å². The van der Waals surface area contributed by atoms with E-state index in [0.717, 1.165) is 36.5 Å². The highest BCUT2D eigenvalue weighted by Gasteiger charge is 2.38. The molecule has 2 saturated heterocycles. The summed E-state index contributed by atoms with van der Waals surface area (Å²) in [6, 6.07) is 8.03. The molecule has 0 unspecified atom stereocenters. The molecule has 0 saturated carbocycles. The van der Waals surface area contributed by atoms with E-state index < -0.39 is 10.0 Å². The van der Waals surface area contributed by atoms with Crippen LogP contribution in [-0.4, -0.2) is 50.9 Å². The maximum absolute atomic E-state index is 12.1. The number of unbranched alkanes of at least 4 members (excludes halogenated alkanes) is 1. The van der Waals surface area contributed by atoms with Gasteiger partial charge in [0.2, 0.25) is 10.0 Å². The molecule has 3 rings (SSSR count). The number of halogens is 1. The first kappa shape index (κ1) is 18.1. The molecular weight excluding hydrogens is 348 g/mol. The minimum Gasteiger partial charge on any atom is -0.371 e. The number of fused-ring (bicyclic) bond motifs is 1. The van der Waals surface area contributed by atoms with Crippen molar-refractivity contribution in [3.05, 3.63) is 34.9 Å². The van der Waals surface area contributed by atoms with Crippen molar-refractivity contribution in [1.29, 1.82) is 0 Å². The van der Waals surface area contributed by atoms with E-state index in [9.17, 15) is 8.42 Å². The number of benzene rings is 1. The minimum absolute atomic E-state index is 0.00979. The van der Waals surface area contributed by atoms with Crippen LogP contribution in [0.4, 0.5) is 0 Å². The van der Waals surface area contributed by atoms with E-state index in [1.54, 1.807) is 0 Å². The van der Waals surface area contributed by atoms with Crippen molar-refractivity contribution in [3.8, 4) is 0 Å². The molecule has 0 spiro atoms. The van der Waals surface area contributed by atoms with Gasteiger partial charge in [0.25, 0.3) is 0 Å². The highest BCUT2D eigenvalue weighted by molar-refractivity contribution is 7.89. The molecule has 0 aliphatic carbocycles. The van der Waals surface area contributed by atoms with Crippen LogP contribution in [0.1, 0.15) is 37.9 Å². The summed E-state index contributed by atoms with van der Waals surface area (Å²) in [5.74, 6) is 0.217. The lowest BCUT2D eigenvalue weighted by Crippen LogP contribution is -2.43. The topological polar surface area (TPSA) is 58.6 Å². The molecule has 2 heterocycles. The summed E-state index contributed by atoms with van der Waals surface area (Å²) in [6.07, 6.45) is 2.43. The smallest absolute Gasteiger partial charge is 0.211 e. The fraction of sp³-hybridized carbons (Fsp3) is 0.647. The van der Waals surface area contributed by atoms with Crippen LogP contribution >= 0.6 is 11.6 Å². The van der Waals surface area contributed by atoms with Crippen molar-refractivity contribution in [2.24, 2.45) is 0 Å². The van der Waals surface area contributed by atoms with Crippen LogP contribution in [0.15, 0.2) is 24.3 Å². The van der Waals surface area contributed by atoms with Gasteiger partial charge in [0.05, 0.1) is 18.5 Å². The number of morpholine rings is 1. The molecule has 2 aliphatic rings. The number of nitrogens with zero attached hydrogens (tertiary/aromatic N) is 1. The Labute approximate surface area is 149 Å². The monoisotopic (exact) mass is 372 g/mol. The van der Waals surface area contributed by atoms with E-state index >= 15 is 0 Å². The third-order valence-electron chi connectivity index (χ3n) is 4.77. The van der Waals surface area contributed by atoms with Gasteiger partial charge in [-0.2, -0.15) is 0 Å². The maximum atomic E-state index is 12.1. The van der Waals surface area contributed by atoms with Crippen LogP contribution in [0, 0.1) is 0 Å². The van der Waals surface area contributed by atoms with Gasteiger partial charge >= 0.3 is 0 Å². The SMILES string of the molecule is CCCCS(=O)(=O)N[C@@H]1C[C@H]2CO[C@@H](c3ccc(Cl)cc3)CN2C1. The highest BCUT2D eigenvalue weighted by Crippen LogP contribution is 2.31. The predicted molar refractivity (Wildman–Crippen MR) is 95.7 cm³/mol. The lowest BCUT2D eigenvalue weighted by Gasteiger charge is -2.35. The predicted octanol–water partition coefficient (Wildman–Crippen LogP) is 2.57. The molecule has 0 bridgehead atoms. The zero-order valence-corrected chi connectivity index (χ0v) is 15.5. The molecule has 2 aliphatic heterocycles. The third-order valence-corrected chi connectivity index (χ3v) is 6.54. The largest absolute Gasteiger partial charge is 0.371 e. The van der Waals surface area contributed by atoms with Gasteiger partial charge in [-0.15, -0.1) is 0 Å². The first-order valence-corrected chi connectivity index (χ1v) is 10.6. The van der Waals surface area contributed by atoms with Gasteiger partial charge in [-0.3, -0.25) is 4.90 Å². The van der Waals surface area contributed by atoms with Crippen LogP contribution in [0.3, 0.4) is 0 Å². The third kappa shape index (κ3) is 4.49. The Balaban J connectivity index is 1.57. The van der Waals surface area contributed by atoms with Crippen molar-refractivity contribution in [3.63, 3.8) is 0 Å². The number of hydrogen-bond acceptors (Lipinski definition) is 4. The molecule has 3 atom stereocenters. The number of hydrogen-bond donors (Lipinski definition) is 1. The molecule has 134 valence electrons. The Hall–Kier alpha value is -0.660. The van der Waals surface area contributed by atoms with Crippen LogP contribution < -0.4 is 4.72 Å². The molecule has 7 heteroatoms. The second-order valence-electron chi connectivity index (χ2n) is 6.70. The van der Waals surface area contributed by atoms with E-state index in [1.165, 1.54) is 0 Å². The van der Waals surface area contributed by atoms with E-state index in [1.807, 2.05) is 31.2 Å². The van der Waals surface area contributed by atoms with Gasteiger partial charge in [0.15, 0.2) is 0 Å². The summed E-state index contributed by atoms with van der Waals surface area (Å²) in [5, 5.41) is 0.718. The van der Waals surface area contributed by atoms with Crippen LogP contribution in [0.2, 0.25) is 5.02 Å². The second kappa shape index (κ2) is 7.70. The number of ether oxygens (including phenoxy) is 1. The summed E-state index contributed by atoms with van der Waals surface area (Å²) in [7, 11) is -3.17. The average Bonchev–Trinajstić information content (AvgIpc) is 2.94. The van der Waals surface area contributed by atoms with Crippen molar-refractivity contribution in [1.82, 2.24) is 9.62 Å². The molecule has 2 fully saturated rings. The van der Waals surface area contributed by atoms with E-state index in [4.69, 9.17) is 16.3 Å². The normalized spacial score (nSPS) is 28.0. The van der Waals surface area contributed by atoms with Gasteiger partial charge in [0.1, 0.15) is 0 Å². The zero-order chi connectivity index (χ0) is 17.2. The van der Waals surface area contributed by atoms with Crippen molar-refractivity contribution in [2.75, 3.05) is 25.4 Å². The fourth-order valence-electron chi connectivity index (χ4n) is 3.49. The Morgan fingerprint density at radius 3 is 2.75 bits per heavy atom. The molecule has 1 aromatic carbocycles. The maximum Gasteiger partial charge on any atom is 0.211 e. The summed E-state index contributed by atoms with van der Waals surface area (Å²) in [4.78, 5) is 2.34. The molecule has 0 amide bonds. The fourth-order valence-corrected chi connectivity index (χ4v) is 5.08. The Kier molecular flexibility index (Phi) is 5.82. The number of sulfonamides is 1. The Morgan fingerprint density at radius 1 is 1.29 bits per heavy atom. The Bertz CT molecular complexity index is 650. The Morgan fingerprint density at radius 2 is 2.04 bits per heavy atom. The van der Waals surface area contributed by atoms with Crippen LogP contribution in [0.25, 0.3) is 0 Å². The van der Waals surface area contributed by atoms with E-state index in [0.29, 0.717) is 19.1 Å². The highest BCUT2D eigenvalue weighted by atomic mass is 35.5. The van der Waals surface area contributed by atoms with Crippen molar-refractivity contribution >= 4 is 21.6 Å².